The number of hydrogen-bond acceptors (Lipinski definition) is 2. The molecule has 100 valence electrons. The first-order valence-corrected chi connectivity index (χ1v) is 6.62. The predicted molar refractivity (Wildman–Crippen MR) is 82.5 cm³/mol. The van der Waals surface area contributed by atoms with E-state index in [1.165, 1.54) is 0 Å². The Morgan fingerprint density at radius 2 is 1.55 bits per heavy atom. The Hall–Kier alpha value is -2.53. The fourth-order valence-electron chi connectivity index (χ4n) is 1.55. The zero-order chi connectivity index (χ0) is 14.2. The van der Waals surface area contributed by atoms with Crippen molar-refractivity contribution in [2.24, 2.45) is 5.16 Å². The third kappa shape index (κ3) is 4.29. The highest BCUT2D eigenvalue weighted by molar-refractivity contribution is 6.12. The summed E-state index contributed by atoms with van der Waals surface area (Å²) >= 11 is 0. The van der Waals surface area contributed by atoms with Gasteiger partial charge in [0.2, 0.25) is 0 Å². The maximum absolute atomic E-state index is 5.33. The van der Waals surface area contributed by atoms with Crippen LogP contribution in [-0.2, 0) is 4.84 Å². The van der Waals surface area contributed by atoms with Gasteiger partial charge in [0.1, 0.15) is 6.10 Å². The fourth-order valence-corrected chi connectivity index (χ4v) is 1.55. The molecule has 2 aromatic carbocycles. The lowest BCUT2D eigenvalue weighted by atomic mass is 10.1. The van der Waals surface area contributed by atoms with Crippen molar-refractivity contribution in [3.63, 3.8) is 0 Å². The standard InChI is InChI=1S/C18H17NO/c1-15(2)20-19-18(17-11-7-4-8-12-17)14-13-16-9-5-3-6-10-16/h3-12,15H,1-2H3/b19-18+. The van der Waals surface area contributed by atoms with Crippen LogP contribution in [0.5, 0.6) is 0 Å². The SMILES string of the molecule is CC(C)O/N=C(\C#Cc1ccccc1)c1ccccc1. The summed E-state index contributed by atoms with van der Waals surface area (Å²) in [5, 5.41) is 4.15. The molecule has 2 heteroatoms. The maximum Gasteiger partial charge on any atom is 0.160 e. The number of hydrogen-bond donors (Lipinski definition) is 0. The smallest absolute Gasteiger partial charge is 0.160 e. The minimum absolute atomic E-state index is 0.0345. The van der Waals surface area contributed by atoms with Gasteiger partial charge in [0, 0.05) is 11.1 Å². The van der Waals surface area contributed by atoms with E-state index in [4.69, 9.17) is 4.84 Å². The molecule has 0 saturated carbocycles. The van der Waals surface area contributed by atoms with E-state index in [0.717, 1.165) is 11.1 Å². The molecule has 2 rings (SSSR count). The van der Waals surface area contributed by atoms with E-state index in [1.54, 1.807) is 0 Å². The van der Waals surface area contributed by atoms with Crippen LogP contribution in [-0.4, -0.2) is 11.8 Å². The van der Waals surface area contributed by atoms with Crippen molar-refractivity contribution in [2.75, 3.05) is 0 Å². The molecule has 20 heavy (non-hydrogen) atoms. The summed E-state index contributed by atoms with van der Waals surface area (Å²) in [6, 6.07) is 19.7. The van der Waals surface area contributed by atoms with Gasteiger partial charge in [-0.25, -0.2) is 0 Å². The fraction of sp³-hybridized carbons (Fsp3) is 0.167. The topological polar surface area (TPSA) is 21.6 Å². The van der Waals surface area contributed by atoms with E-state index in [1.807, 2.05) is 74.5 Å². The van der Waals surface area contributed by atoms with Crippen molar-refractivity contribution in [3.8, 4) is 11.8 Å². The van der Waals surface area contributed by atoms with Gasteiger partial charge in [-0.15, -0.1) is 0 Å². The lowest BCUT2D eigenvalue weighted by molar-refractivity contribution is 0.0865. The average Bonchev–Trinajstić information content (AvgIpc) is 2.49. The Morgan fingerprint density at radius 1 is 0.950 bits per heavy atom. The Kier molecular flexibility index (Phi) is 4.97. The summed E-state index contributed by atoms with van der Waals surface area (Å²) in [6.45, 7) is 3.88. The summed E-state index contributed by atoms with van der Waals surface area (Å²) in [4.78, 5) is 5.33. The van der Waals surface area contributed by atoms with Crippen molar-refractivity contribution in [1.82, 2.24) is 0 Å². The highest BCUT2D eigenvalue weighted by atomic mass is 16.6. The van der Waals surface area contributed by atoms with E-state index in [0.29, 0.717) is 5.71 Å². The van der Waals surface area contributed by atoms with E-state index in [2.05, 4.69) is 17.0 Å². The molecule has 0 radical (unpaired) electrons. The van der Waals surface area contributed by atoms with Gasteiger partial charge in [0.25, 0.3) is 0 Å². The van der Waals surface area contributed by atoms with Crippen LogP contribution in [0.3, 0.4) is 0 Å². The molecule has 0 saturated heterocycles. The van der Waals surface area contributed by atoms with Crippen LogP contribution in [0, 0.1) is 11.8 Å². The highest BCUT2D eigenvalue weighted by Gasteiger charge is 2.01. The van der Waals surface area contributed by atoms with Crippen LogP contribution in [0.15, 0.2) is 65.8 Å². The number of benzene rings is 2. The molecule has 0 aliphatic carbocycles. The minimum atomic E-state index is 0.0345. The molecule has 0 aliphatic rings. The highest BCUT2D eigenvalue weighted by Crippen LogP contribution is 2.03. The van der Waals surface area contributed by atoms with Crippen LogP contribution in [0.25, 0.3) is 0 Å². The second kappa shape index (κ2) is 7.16. The molecule has 0 heterocycles. The van der Waals surface area contributed by atoms with Gasteiger partial charge in [-0.05, 0) is 31.9 Å². The molecule has 0 fully saturated rings. The zero-order valence-electron chi connectivity index (χ0n) is 11.7. The normalized spacial score (nSPS) is 10.8. The molecule has 0 aromatic heterocycles. The van der Waals surface area contributed by atoms with Crippen molar-refractivity contribution >= 4 is 5.71 Å². The summed E-state index contributed by atoms with van der Waals surface area (Å²) in [7, 11) is 0. The Morgan fingerprint density at radius 3 is 2.15 bits per heavy atom. The second-order valence-corrected chi connectivity index (χ2v) is 4.58. The van der Waals surface area contributed by atoms with Crippen molar-refractivity contribution in [2.45, 2.75) is 20.0 Å². The third-order valence-electron chi connectivity index (χ3n) is 2.50. The molecule has 0 amide bonds. The number of oxime groups is 1. The molecule has 0 spiro atoms. The van der Waals surface area contributed by atoms with Gasteiger partial charge < -0.3 is 4.84 Å². The monoisotopic (exact) mass is 263 g/mol. The molecular formula is C18H17NO. The quantitative estimate of drug-likeness (QED) is 0.468. The van der Waals surface area contributed by atoms with Crippen LogP contribution in [0.4, 0.5) is 0 Å². The first kappa shape index (κ1) is 13.9. The summed E-state index contributed by atoms with van der Waals surface area (Å²) in [5.74, 6) is 6.19. The van der Waals surface area contributed by atoms with Crippen LogP contribution in [0.1, 0.15) is 25.0 Å². The second-order valence-electron chi connectivity index (χ2n) is 4.58. The molecular weight excluding hydrogens is 246 g/mol. The minimum Gasteiger partial charge on any atom is -0.392 e. The average molecular weight is 263 g/mol. The molecule has 0 bridgehead atoms. The van der Waals surface area contributed by atoms with E-state index < -0.39 is 0 Å². The van der Waals surface area contributed by atoms with Crippen LogP contribution >= 0.6 is 0 Å². The van der Waals surface area contributed by atoms with Crippen molar-refractivity contribution < 1.29 is 4.84 Å². The molecule has 2 aromatic rings. The Labute approximate surface area is 120 Å². The van der Waals surface area contributed by atoms with Crippen LogP contribution in [0.2, 0.25) is 0 Å². The number of rotatable bonds is 3. The summed E-state index contributed by atoms with van der Waals surface area (Å²) < 4.78 is 0. The summed E-state index contributed by atoms with van der Waals surface area (Å²) in [5.41, 5.74) is 2.56. The van der Waals surface area contributed by atoms with E-state index in [9.17, 15) is 0 Å². The summed E-state index contributed by atoms with van der Waals surface area (Å²) in [6.07, 6.45) is 0.0345. The molecule has 2 nitrogen and oxygen atoms in total. The van der Waals surface area contributed by atoms with E-state index in [-0.39, 0.29) is 6.10 Å². The van der Waals surface area contributed by atoms with Gasteiger partial charge in [-0.2, -0.15) is 0 Å². The maximum atomic E-state index is 5.33. The van der Waals surface area contributed by atoms with Gasteiger partial charge in [-0.3, -0.25) is 0 Å². The van der Waals surface area contributed by atoms with Gasteiger partial charge in [0.15, 0.2) is 5.71 Å². The molecule has 0 unspecified atom stereocenters. The number of nitrogens with zero attached hydrogens (tertiary/aromatic N) is 1. The third-order valence-corrected chi connectivity index (χ3v) is 2.50. The van der Waals surface area contributed by atoms with Gasteiger partial charge in [-0.1, -0.05) is 59.6 Å². The van der Waals surface area contributed by atoms with Crippen molar-refractivity contribution in [3.05, 3.63) is 71.8 Å². The first-order chi connectivity index (χ1) is 9.75. The zero-order valence-corrected chi connectivity index (χ0v) is 11.7. The molecule has 0 N–H and O–H groups in total. The van der Waals surface area contributed by atoms with Gasteiger partial charge >= 0.3 is 0 Å². The lowest BCUT2D eigenvalue weighted by Crippen LogP contribution is -2.03. The molecule has 0 aliphatic heterocycles. The largest absolute Gasteiger partial charge is 0.392 e. The Balaban J connectivity index is 2.29. The predicted octanol–water partition coefficient (Wildman–Crippen LogP) is 3.87. The molecule has 0 atom stereocenters. The van der Waals surface area contributed by atoms with Gasteiger partial charge in [0.05, 0.1) is 0 Å². The van der Waals surface area contributed by atoms with Crippen LogP contribution < -0.4 is 0 Å². The lowest BCUT2D eigenvalue weighted by Gasteiger charge is -2.03. The first-order valence-electron chi connectivity index (χ1n) is 6.62. The van der Waals surface area contributed by atoms with E-state index >= 15 is 0 Å². The van der Waals surface area contributed by atoms with Crippen molar-refractivity contribution in [1.29, 1.82) is 0 Å². The Bertz CT molecular complexity index is 619.